The normalized spacial score (nSPS) is 22.2. The lowest BCUT2D eigenvalue weighted by Crippen LogP contribution is -2.52. The minimum absolute atomic E-state index is 0.413. The molecule has 1 saturated carbocycles. The predicted molar refractivity (Wildman–Crippen MR) is 68.3 cm³/mol. The maximum Gasteiger partial charge on any atom is 0.112 e. The summed E-state index contributed by atoms with van der Waals surface area (Å²) in [7, 11) is 0. The van der Waals surface area contributed by atoms with Crippen molar-refractivity contribution in [2.45, 2.75) is 18.4 Å². The van der Waals surface area contributed by atoms with Gasteiger partial charge in [0.2, 0.25) is 0 Å². The van der Waals surface area contributed by atoms with Crippen molar-refractivity contribution in [1.82, 2.24) is 15.3 Å². The first-order chi connectivity index (χ1) is 8.36. The topological polar surface area (TPSA) is 44.0 Å². The summed E-state index contributed by atoms with van der Waals surface area (Å²) in [4.78, 5) is 10.1. The largest absolute Gasteiger partial charge is 0.367 e. The highest BCUT2D eigenvalue weighted by Crippen LogP contribution is 2.39. The van der Waals surface area contributed by atoms with Crippen LogP contribution in [-0.2, 0) is 0 Å². The van der Waals surface area contributed by atoms with Crippen molar-refractivity contribution in [3.8, 4) is 0 Å². The Morgan fingerprint density at radius 1 is 1.29 bits per heavy atom. The van der Waals surface area contributed by atoms with Gasteiger partial charge in [0, 0.05) is 25.2 Å². The fourth-order valence-electron chi connectivity index (χ4n) is 2.85. The van der Waals surface area contributed by atoms with Crippen molar-refractivity contribution in [2.24, 2.45) is 0 Å². The molecule has 4 rings (SSSR count). The molecule has 17 heavy (non-hydrogen) atoms. The molecule has 2 fully saturated rings. The van der Waals surface area contributed by atoms with E-state index in [0.717, 1.165) is 30.7 Å². The van der Waals surface area contributed by atoms with Crippen molar-refractivity contribution in [1.29, 1.82) is 0 Å². The number of para-hydroxylation sites is 1. The summed E-state index contributed by atoms with van der Waals surface area (Å²) < 4.78 is 0. The van der Waals surface area contributed by atoms with Crippen LogP contribution in [0.4, 0.5) is 5.69 Å². The molecule has 2 N–H and O–H groups in total. The standard InChI is InChI=1S/C13H16N4/c1-2-10-12(15-9-14-10)11(3-1)17-7-6-16-13(8-17)4-5-13/h1-3,9,16H,4-8H2,(H,14,15). The van der Waals surface area contributed by atoms with Crippen molar-refractivity contribution < 1.29 is 0 Å². The Hall–Kier alpha value is -1.55. The van der Waals surface area contributed by atoms with Gasteiger partial charge >= 0.3 is 0 Å². The first kappa shape index (κ1) is 9.48. The van der Waals surface area contributed by atoms with E-state index in [2.05, 4.69) is 38.4 Å². The van der Waals surface area contributed by atoms with Crippen LogP contribution < -0.4 is 10.2 Å². The van der Waals surface area contributed by atoms with Gasteiger partial charge in [0.25, 0.3) is 0 Å². The molecule has 1 aliphatic heterocycles. The Morgan fingerprint density at radius 2 is 2.24 bits per heavy atom. The summed E-state index contributed by atoms with van der Waals surface area (Å²) >= 11 is 0. The van der Waals surface area contributed by atoms with Crippen molar-refractivity contribution in [3.05, 3.63) is 24.5 Å². The van der Waals surface area contributed by atoms with Crippen LogP contribution >= 0.6 is 0 Å². The van der Waals surface area contributed by atoms with E-state index in [1.807, 2.05) is 0 Å². The summed E-state index contributed by atoms with van der Waals surface area (Å²) in [5.74, 6) is 0. The average Bonchev–Trinajstić information content (AvgIpc) is 2.94. The van der Waals surface area contributed by atoms with E-state index in [1.165, 1.54) is 18.5 Å². The highest BCUT2D eigenvalue weighted by Gasteiger charge is 2.45. The van der Waals surface area contributed by atoms with Gasteiger partial charge in [-0.2, -0.15) is 0 Å². The number of aromatic amines is 1. The lowest BCUT2D eigenvalue weighted by Gasteiger charge is -2.35. The zero-order valence-corrected chi connectivity index (χ0v) is 9.74. The molecule has 2 aromatic rings. The summed E-state index contributed by atoms with van der Waals surface area (Å²) in [5.41, 5.74) is 3.92. The molecule has 4 heteroatoms. The Kier molecular flexibility index (Phi) is 1.80. The fourth-order valence-corrected chi connectivity index (χ4v) is 2.85. The maximum absolute atomic E-state index is 4.44. The van der Waals surface area contributed by atoms with Gasteiger partial charge in [-0.1, -0.05) is 6.07 Å². The second-order valence-corrected chi connectivity index (χ2v) is 5.20. The van der Waals surface area contributed by atoms with Crippen LogP contribution in [0, 0.1) is 0 Å². The summed E-state index contributed by atoms with van der Waals surface area (Å²) in [5, 5.41) is 3.64. The molecular formula is C13H16N4. The van der Waals surface area contributed by atoms with Crippen molar-refractivity contribution in [3.63, 3.8) is 0 Å². The smallest absolute Gasteiger partial charge is 0.112 e. The van der Waals surface area contributed by atoms with Gasteiger partial charge in [0.1, 0.15) is 5.52 Å². The highest BCUT2D eigenvalue weighted by atomic mass is 15.2. The van der Waals surface area contributed by atoms with Gasteiger partial charge in [-0.3, -0.25) is 0 Å². The molecule has 0 amide bonds. The molecule has 1 aliphatic carbocycles. The Bertz CT molecular complexity index is 555. The Labute approximate surface area is 100 Å². The van der Waals surface area contributed by atoms with Crippen LogP contribution in [0.1, 0.15) is 12.8 Å². The lowest BCUT2D eigenvalue weighted by molar-refractivity contribution is 0.443. The van der Waals surface area contributed by atoms with Crippen LogP contribution in [-0.4, -0.2) is 35.1 Å². The van der Waals surface area contributed by atoms with Crippen LogP contribution in [0.2, 0.25) is 0 Å². The van der Waals surface area contributed by atoms with E-state index in [0.29, 0.717) is 5.54 Å². The van der Waals surface area contributed by atoms with Crippen LogP contribution in [0.15, 0.2) is 24.5 Å². The van der Waals surface area contributed by atoms with E-state index < -0.39 is 0 Å². The summed E-state index contributed by atoms with van der Waals surface area (Å²) in [6.45, 7) is 3.29. The molecule has 1 saturated heterocycles. The molecule has 0 unspecified atom stereocenters. The maximum atomic E-state index is 4.44. The number of piperazine rings is 1. The van der Waals surface area contributed by atoms with Gasteiger partial charge in [-0.25, -0.2) is 4.98 Å². The molecule has 0 radical (unpaired) electrons. The number of hydrogen-bond acceptors (Lipinski definition) is 3. The molecule has 0 bridgehead atoms. The number of H-pyrrole nitrogens is 1. The van der Waals surface area contributed by atoms with E-state index in [1.54, 1.807) is 6.33 Å². The minimum Gasteiger partial charge on any atom is -0.367 e. The zero-order chi connectivity index (χ0) is 11.3. The number of nitrogens with zero attached hydrogens (tertiary/aromatic N) is 2. The van der Waals surface area contributed by atoms with Gasteiger partial charge in [-0.15, -0.1) is 0 Å². The lowest BCUT2D eigenvalue weighted by atomic mass is 10.1. The molecule has 1 aromatic heterocycles. The second kappa shape index (κ2) is 3.23. The van der Waals surface area contributed by atoms with E-state index in [4.69, 9.17) is 0 Å². The highest BCUT2D eigenvalue weighted by molar-refractivity contribution is 5.88. The number of benzene rings is 1. The fraction of sp³-hybridized carbons (Fsp3) is 0.462. The molecule has 4 nitrogen and oxygen atoms in total. The SMILES string of the molecule is c1cc(N2CCNC3(CC3)C2)c2nc[nH]c2c1. The third kappa shape index (κ3) is 1.44. The Balaban J connectivity index is 1.75. The van der Waals surface area contributed by atoms with E-state index in [9.17, 15) is 0 Å². The number of nitrogens with one attached hydrogen (secondary N) is 2. The number of anilines is 1. The molecule has 1 spiro atoms. The second-order valence-electron chi connectivity index (χ2n) is 5.20. The third-order valence-electron chi connectivity index (χ3n) is 4.00. The van der Waals surface area contributed by atoms with Gasteiger partial charge in [0.05, 0.1) is 17.5 Å². The minimum atomic E-state index is 0.413. The Morgan fingerprint density at radius 3 is 3.12 bits per heavy atom. The van der Waals surface area contributed by atoms with Crippen LogP contribution in [0.3, 0.4) is 0 Å². The predicted octanol–water partition coefficient (Wildman–Crippen LogP) is 1.51. The molecule has 2 aliphatic rings. The number of fused-ring (bicyclic) bond motifs is 1. The van der Waals surface area contributed by atoms with Crippen molar-refractivity contribution >= 4 is 16.7 Å². The van der Waals surface area contributed by atoms with Crippen molar-refractivity contribution in [2.75, 3.05) is 24.5 Å². The molecular weight excluding hydrogens is 212 g/mol. The summed E-state index contributed by atoms with van der Waals surface area (Å²) in [6.07, 6.45) is 4.42. The van der Waals surface area contributed by atoms with E-state index in [-0.39, 0.29) is 0 Å². The van der Waals surface area contributed by atoms with E-state index >= 15 is 0 Å². The number of rotatable bonds is 1. The van der Waals surface area contributed by atoms with Gasteiger partial charge in [0.15, 0.2) is 0 Å². The van der Waals surface area contributed by atoms with Crippen LogP contribution in [0.5, 0.6) is 0 Å². The monoisotopic (exact) mass is 228 g/mol. The molecule has 2 heterocycles. The number of hydrogen-bond donors (Lipinski definition) is 2. The molecule has 0 atom stereocenters. The van der Waals surface area contributed by atoms with Crippen LogP contribution in [0.25, 0.3) is 11.0 Å². The average molecular weight is 228 g/mol. The number of imidazole rings is 1. The third-order valence-corrected chi connectivity index (χ3v) is 4.00. The first-order valence-corrected chi connectivity index (χ1v) is 6.28. The quantitative estimate of drug-likeness (QED) is 0.777. The van der Waals surface area contributed by atoms with Gasteiger partial charge in [-0.05, 0) is 25.0 Å². The zero-order valence-electron chi connectivity index (χ0n) is 9.74. The van der Waals surface area contributed by atoms with Gasteiger partial charge < -0.3 is 15.2 Å². The number of aromatic nitrogens is 2. The first-order valence-electron chi connectivity index (χ1n) is 6.28. The summed E-state index contributed by atoms with van der Waals surface area (Å²) in [6, 6.07) is 6.38. The molecule has 88 valence electrons. The molecule has 1 aromatic carbocycles.